The summed E-state index contributed by atoms with van der Waals surface area (Å²) in [5, 5.41) is 14.5. The van der Waals surface area contributed by atoms with Crippen molar-refractivity contribution in [3.05, 3.63) is 11.1 Å². The number of anilines is 1. The zero-order valence-electron chi connectivity index (χ0n) is 10.5. The molecule has 2 rings (SSSR count). The summed E-state index contributed by atoms with van der Waals surface area (Å²) < 4.78 is 0. The third-order valence-corrected chi connectivity index (χ3v) is 4.34. The molecule has 100 valence electrons. The third kappa shape index (κ3) is 2.81. The summed E-state index contributed by atoms with van der Waals surface area (Å²) in [6.07, 6.45) is 3.69. The number of rotatable bonds is 3. The van der Waals surface area contributed by atoms with E-state index in [0.717, 1.165) is 25.7 Å². The number of hydrogen-bond acceptors (Lipinski definition) is 5. The van der Waals surface area contributed by atoms with Crippen LogP contribution in [0.15, 0.2) is 5.38 Å². The number of aliphatic hydroxyl groups excluding tert-OH is 1. The molecule has 0 aliphatic heterocycles. The summed E-state index contributed by atoms with van der Waals surface area (Å²) in [7, 11) is 0. The van der Waals surface area contributed by atoms with E-state index in [-0.39, 0.29) is 12.5 Å². The normalized spacial score (nSPS) is 28.0. The van der Waals surface area contributed by atoms with E-state index in [1.54, 1.807) is 5.38 Å². The average molecular weight is 269 g/mol. The summed E-state index contributed by atoms with van der Waals surface area (Å²) in [6, 6.07) is 0. The van der Waals surface area contributed by atoms with Crippen molar-refractivity contribution in [2.24, 2.45) is 5.92 Å². The summed E-state index contributed by atoms with van der Waals surface area (Å²) >= 11 is 1.24. The molecule has 0 aromatic carbocycles. The van der Waals surface area contributed by atoms with Crippen LogP contribution in [-0.2, 0) is 0 Å². The molecule has 0 spiro atoms. The first-order valence-corrected chi connectivity index (χ1v) is 7.07. The molecule has 1 fully saturated rings. The van der Waals surface area contributed by atoms with Crippen LogP contribution in [0.2, 0.25) is 0 Å². The monoisotopic (exact) mass is 269 g/mol. The van der Waals surface area contributed by atoms with Gasteiger partial charge in [-0.3, -0.25) is 4.79 Å². The minimum absolute atomic E-state index is 0.0227. The van der Waals surface area contributed by atoms with Crippen molar-refractivity contribution in [2.45, 2.75) is 38.1 Å². The molecular formula is C12H19N3O2S. The highest BCUT2D eigenvalue weighted by Crippen LogP contribution is 2.31. The van der Waals surface area contributed by atoms with Crippen molar-refractivity contribution in [1.82, 2.24) is 10.3 Å². The number of aliphatic hydroxyl groups is 1. The van der Waals surface area contributed by atoms with Gasteiger partial charge in [-0.1, -0.05) is 6.92 Å². The highest BCUT2D eigenvalue weighted by Gasteiger charge is 2.35. The lowest BCUT2D eigenvalue weighted by Gasteiger charge is -2.38. The largest absolute Gasteiger partial charge is 0.394 e. The van der Waals surface area contributed by atoms with E-state index in [1.165, 1.54) is 11.3 Å². The van der Waals surface area contributed by atoms with Gasteiger partial charge in [0, 0.05) is 5.38 Å². The molecule has 1 aromatic heterocycles. The number of thiazole rings is 1. The lowest BCUT2D eigenvalue weighted by Crippen LogP contribution is -2.53. The number of hydrogen-bond donors (Lipinski definition) is 3. The molecule has 0 saturated heterocycles. The van der Waals surface area contributed by atoms with Crippen LogP contribution in [0, 0.1) is 5.92 Å². The first kappa shape index (κ1) is 13.3. The van der Waals surface area contributed by atoms with Gasteiger partial charge in [0.05, 0.1) is 12.1 Å². The number of carbonyl (C=O) groups excluding carboxylic acids is 1. The van der Waals surface area contributed by atoms with Crippen LogP contribution in [0.5, 0.6) is 0 Å². The Labute approximate surface area is 110 Å². The van der Waals surface area contributed by atoms with Gasteiger partial charge in [0.2, 0.25) is 0 Å². The lowest BCUT2D eigenvalue weighted by atomic mass is 9.77. The number of amides is 1. The second-order valence-electron chi connectivity index (χ2n) is 5.15. The van der Waals surface area contributed by atoms with Crippen LogP contribution >= 0.6 is 11.3 Å². The van der Waals surface area contributed by atoms with Gasteiger partial charge in [0.25, 0.3) is 5.91 Å². The van der Waals surface area contributed by atoms with Crippen molar-refractivity contribution in [3.63, 3.8) is 0 Å². The van der Waals surface area contributed by atoms with E-state index < -0.39 is 5.54 Å². The van der Waals surface area contributed by atoms with Crippen LogP contribution in [0.3, 0.4) is 0 Å². The van der Waals surface area contributed by atoms with E-state index in [2.05, 4.69) is 17.2 Å². The molecule has 1 aliphatic rings. The zero-order chi connectivity index (χ0) is 13.2. The van der Waals surface area contributed by atoms with Crippen molar-refractivity contribution in [2.75, 3.05) is 12.3 Å². The maximum Gasteiger partial charge on any atom is 0.271 e. The summed E-state index contributed by atoms with van der Waals surface area (Å²) in [6.45, 7) is 2.18. The molecule has 5 nitrogen and oxygen atoms in total. The molecule has 1 saturated carbocycles. The molecule has 6 heteroatoms. The van der Waals surface area contributed by atoms with E-state index in [0.29, 0.717) is 16.7 Å². The maximum absolute atomic E-state index is 12.0. The van der Waals surface area contributed by atoms with E-state index in [9.17, 15) is 9.90 Å². The molecular weight excluding hydrogens is 250 g/mol. The van der Waals surface area contributed by atoms with Gasteiger partial charge in [0.1, 0.15) is 5.69 Å². The lowest BCUT2D eigenvalue weighted by molar-refractivity contribution is 0.0713. The smallest absolute Gasteiger partial charge is 0.271 e. The van der Waals surface area contributed by atoms with Gasteiger partial charge in [-0.15, -0.1) is 11.3 Å². The Morgan fingerprint density at radius 1 is 1.67 bits per heavy atom. The second kappa shape index (κ2) is 5.24. The Kier molecular flexibility index (Phi) is 3.87. The topological polar surface area (TPSA) is 88.2 Å². The van der Waals surface area contributed by atoms with Crippen LogP contribution < -0.4 is 11.1 Å². The van der Waals surface area contributed by atoms with Gasteiger partial charge in [-0.05, 0) is 31.6 Å². The first-order valence-electron chi connectivity index (χ1n) is 6.19. The van der Waals surface area contributed by atoms with Crippen LogP contribution in [-0.4, -0.2) is 28.1 Å². The Morgan fingerprint density at radius 3 is 2.83 bits per heavy atom. The van der Waals surface area contributed by atoms with Crippen molar-refractivity contribution < 1.29 is 9.90 Å². The Bertz CT molecular complexity index is 425. The molecule has 0 unspecified atom stereocenters. The van der Waals surface area contributed by atoms with Crippen LogP contribution in [0.1, 0.15) is 43.1 Å². The average Bonchev–Trinajstić information content (AvgIpc) is 2.79. The van der Waals surface area contributed by atoms with Gasteiger partial charge < -0.3 is 16.2 Å². The summed E-state index contributed by atoms with van der Waals surface area (Å²) in [5.74, 6) is 0.419. The van der Waals surface area contributed by atoms with Crippen molar-refractivity contribution >= 4 is 22.4 Å². The van der Waals surface area contributed by atoms with Gasteiger partial charge >= 0.3 is 0 Å². The molecule has 1 heterocycles. The predicted molar refractivity (Wildman–Crippen MR) is 71.4 cm³/mol. The molecule has 0 atom stereocenters. The quantitative estimate of drug-likeness (QED) is 0.774. The number of nitrogens with one attached hydrogen (secondary N) is 1. The fraction of sp³-hybridized carbons (Fsp3) is 0.667. The molecule has 0 bridgehead atoms. The van der Waals surface area contributed by atoms with Crippen LogP contribution in [0.4, 0.5) is 5.13 Å². The molecule has 0 radical (unpaired) electrons. The van der Waals surface area contributed by atoms with Gasteiger partial charge in [0.15, 0.2) is 5.13 Å². The predicted octanol–water partition coefficient (Wildman–Crippen LogP) is 1.40. The number of nitrogens with two attached hydrogens (primary N) is 1. The standard InChI is InChI=1S/C12H19N3O2S/c1-8-2-4-12(7-16,5-3-8)15-10(17)9-6-18-11(13)14-9/h6,8,16H,2-5,7H2,1H3,(H2,13,14)(H,15,17). The Morgan fingerprint density at radius 2 is 2.33 bits per heavy atom. The number of aromatic nitrogens is 1. The van der Waals surface area contributed by atoms with E-state index in [4.69, 9.17) is 5.73 Å². The number of nitrogens with zero attached hydrogens (tertiary/aromatic N) is 1. The minimum Gasteiger partial charge on any atom is -0.394 e. The molecule has 4 N–H and O–H groups in total. The molecule has 1 amide bonds. The molecule has 18 heavy (non-hydrogen) atoms. The Balaban J connectivity index is 2.04. The fourth-order valence-corrected chi connectivity index (χ4v) is 2.88. The second-order valence-corrected chi connectivity index (χ2v) is 6.04. The highest BCUT2D eigenvalue weighted by atomic mass is 32.1. The molecule has 1 aromatic rings. The van der Waals surface area contributed by atoms with Gasteiger partial charge in [-0.2, -0.15) is 0 Å². The van der Waals surface area contributed by atoms with Gasteiger partial charge in [-0.25, -0.2) is 4.98 Å². The van der Waals surface area contributed by atoms with Crippen LogP contribution in [0.25, 0.3) is 0 Å². The maximum atomic E-state index is 12.0. The van der Waals surface area contributed by atoms with E-state index >= 15 is 0 Å². The fourth-order valence-electron chi connectivity index (χ4n) is 2.33. The minimum atomic E-state index is -0.484. The zero-order valence-corrected chi connectivity index (χ0v) is 11.3. The number of nitrogen functional groups attached to an aromatic ring is 1. The highest BCUT2D eigenvalue weighted by molar-refractivity contribution is 7.13. The third-order valence-electron chi connectivity index (χ3n) is 3.67. The summed E-state index contributed by atoms with van der Waals surface area (Å²) in [5.41, 5.74) is 5.36. The van der Waals surface area contributed by atoms with Crippen molar-refractivity contribution in [3.8, 4) is 0 Å². The summed E-state index contributed by atoms with van der Waals surface area (Å²) in [4.78, 5) is 16.0. The SMILES string of the molecule is CC1CCC(CO)(NC(=O)c2csc(N)n2)CC1. The van der Waals surface area contributed by atoms with Crippen molar-refractivity contribution in [1.29, 1.82) is 0 Å². The number of carbonyl (C=O) groups is 1. The van der Waals surface area contributed by atoms with E-state index in [1.807, 2.05) is 0 Å². The Hall–Kier alpha value is -1.14. The first-order chi connectivity index (χ1) is 8.54. The molecule has 1 aliphatic carbocycles.